The molecule has 0 amide bonds. The van der Waals surface area contributed by atoms with Gasteiger partial charge in [-0.3, -0.25) is 0 Å². The first-order valence-corrected chi connectivity index (χ1v) is 7.31. The molecule has 1 aliphatic heterocycles. The minimum absolute atomic E-state index is 0.613. The van der Waals surface area contributed by atoms with E-state index in [4.69, 9.17) is 4.74 Å². The van der Waals surface area contributed by atoms with Crippen LogP contribution in [0.15, 0.2) is 24.3 Å². The summed E-state index contributed by atoms with van der Waals surface area (Å²) < 4.78 is 5.31. The number of hydrogen-bond donors (Lipinski definition) is 1. The topological polar surface area (TPSA) is 24.5 Å². The molecule has 0 spiro atoms. The highest BCUT2D eigenvalue weighted by atomic mass is 16.5. The van der Waals surface area contributed by atoms with E-state index in [0.29, 0.717) is 12.0 Å². The summed E-state index contributed by atoms with van der Waals surface area (Å²) in [7, 11) is 1.72. The molecule has 1 unspecified atom stereocenters. The Hall–Kier alpha value is -1.22. The van der Waals surface area contributed by atoms with E-state index in [1.54, 1.807) is 7.11 Å². The zero-order chi connectivity index (χ0) is 13.7. The van der Waals surface area contributed by atoms with Gasteiger partial charge in [-0.05, 0) is 37.4 Å². The quantitative estimate of drug-likeness (QED) is 0.883. The third kappa shape index (κ3) is 4.13. The van der Waals surface area contributed by atoms with Gasteiger partial charge in [0, 0.05) is 30.9 Å². The van der Waals surface area contributed by atoms with E-state index in [-0.39, 0.29) is 0 Å². The molecule has 0 bridgehead atoms. The number of nitrogens with one attached hydrogen (secondary N) is 1. The van der Waals surface area contributed by atoms with Crippen LogP contribution in [-0.4, -0.2) is 32.8 Å². The zero-order valence-electron chi connectivity index (χ0n) is 12.4. The van der Waals surface area contributed by atoms with Crippen molar-refractivity contribution in [3.8, 4) is 5.75 Å². The monoisotopic (exact) mass is 262 g/mol. The van der Waals surface area contributed by atoms with Gasteiger partial charge < -0.3 is 15.0 Å². The van der Waals surface area contributed by atoms with Crippen LogP contribution in [0.3, 0.4) is 0 Å². The lowest BCUT2D eigenvalue weighted by atomic mass is 10.0. The minimum Gasteiger partial charge on any atom is -0.497 e. The van der Waals surface area contributed by atoms with Crippen molar-refractivity contribution in [3.05, 3.63) is 24.3 Å². The molecular formula is C16H26N2O. The average Bonchev–Trinajstić information content (AvgIpc) is 2.45. The predicted molar refractivity (Wildman–Crippen MR) is 81.1 cm³/mol. The van der Waals surface area contributed by atoms with Gasteiger partial charge in [0.15, 0.2) is 0 Å². The Morgan fingerprint density at radius 2 is 2.26 bits per heavy atom. The number of benzene rings is 1. The highest BCUT2D eigenvalue weighted by Gasteiger charge is 2.20. The first-order chi connectivity index (χ1) is 9.19. The number of hydrogen-bond acceptors (Lipinski definition) is 3. The van der Waals surface area contributed by atoms with Gasteiger partial charge in [0.25, 0.3) is 0 Å². The van der Waals surface area contributed by atoms with E-state index in [9.17, 15) is 0 Å². The second kappa shape index (κ2) is 6.80. The summed E-state index contributed by atoms with van der Waals surface area (Å²) in [6.07, 6.45) is 2.54. The second-order valence-electron chi connectivity index (χ2n) is 5.79. The Morgan fingerprint density at radius 3 is 3.00 bits per heavy atom. The number of piperidine rings is 1. The molecule has 1 saturated heterocycles. The summed E-state index contributed by atoms with van der Waals surface area (Å²) in [6.45, 7) is 7.87. The van der Waals surface area contributed by atoms with Crippen LogP contribution in [-0.2, 0) is 0 Å². The summed E-state index contributed by atoms with van der Waals surface area (Å²) in [5.74, 6) is 1.65. The first kappa shape index (κ1) is 14.2. The molecule has 106 valence electrons. The smallest absolute Gasteiger partial charge is 0.120 e. The Morgan fingerprint density at radius 1 is 1.42 bits per heavy atom. The Labute approximate surface area is 116 Å². The lowest BCUT2D eigenvalue weighted by Gasteiger charge is -2.35. The molecule has 1 fully saturated rings. The van der Waals surface area contributed by atoms with E-state index in [2.05, 4.69) is 42.3 Å². The molecule has 0 aromatic heterocycles. The SMILES string of the molecule is COc1cccc(N2CCCC(NCC(C)C)C2)c1. The maximum Gasteiger partial charge on any atom is 0.120 e. The van der Waals surface area contributed by atoms with Gasteiger partial charge in [0.2, 0.25) is 0 Å². The zero-order valence-corrected chi connectivity index (χ0v) is 12.4. The summed E-state index contributed by atoms with van der Waals surface area (Å²) in [4.78, 5) is 2.46. The Kier molecular flexibility index (Phi) is 5.08. The molecule has 3 nitrogen and oxygen atoms in total. The van der Waals surface area contributed by atoms with Crippen molar-refractivity contribution in [3.63, 3.8) is 0 Å². The lowest BCUT2D eigenvalue weighted by molar-refractivity contribution is 0.398. The number of ether oxygens (including phenoxy) is 1. The fourth-order valence-electron chi connectivity index (χ4n) is 2.59. The van der Waals surface area contributed by atoms with Crippen molar-refractivity contribution in [2.45, 2.75) is 32.7 Å². The van der Waals surface area contributed by atoms with Gasteiger partial charge in [-0.1, -0.05) is 19.9 Å². The molecule has 1 aromatic rings. The van der Waals surface area contributed by atoms with Crippen LogP contribution < -0.4 is 15.0 Å². The molecule has 3 heteroatoms. The van der Waals surface area contributed by atoms with Crippen LogP contribution >= 0.6 is 0 Å². The van der Waals surface area contributed by atoms with E-state index in [1.807, 2.05) is 6.07 Å². The van der Waals surface area contributed by atoms with Crippen molar-refractivity contribution in [2.24, 2.45) is 5.92 Å². The molecule has 1 heterocycles. The number of methoxy groups -OCH3 is 1. The summed E-state index contributed by atoms with van der Waals surface area (Å²) in [5, 5.41) is 3.68. The van der Waals surface area contributed by atoms with Crippen LogP contribution in [0.5, 0.6) is 5.75 Å². The molecule has 0 radical (unpaired) electrons. The van der Waals surface area contributed by atoms with Crippen LogP contribution in [0, 0.1) is 5.92 Å². The molecule has 0 aliphatic carbocycles. The summed E-state index contributed by atoms with van der Waals surface area (Å²) >= 11 is 0. The molecular weight excluding hydrogens is 236 g/mol. The molecule has 1 aromatic carbocycles. The predicted octanol–water partition coefficient (Wildman–Crippen LogP) is 2.91. The molecule has 0 saturated carbocycles. The third-order valence-electron chi connectivity index (χ3n) is 3.65. The molecule has 1 aliphatic rings. The lowest BCUT2D eigenvalue weighted by Crippen LogP contribution is -2.46. The highest BCUT2D eigenvalue weighted by Crippen LogP contribution is 2.24. The number of nitrogens with zero attached hydrogens (tertiary/aromatic N) is 1. The Balaban J connectivity index is 1.96. The Bertz CT molecular complexity index is 392. The molecule has 19 heavy (non-hydrogen) atoms. The number of anilines is 1. The molecule has 2 rings (SSSR count). The van der Waals surface area contributed by atoms with E-state index >= 15 is 0 Å². The molecule has 1 atom stereocenters. The van der Waals surface area contributed by atoms with Crippen LogP contribution in [0.2, 0.25) is 0 Å². The fraction of sp³-hybridized carbons (Fsp3) is 0.625. The third-order valence-corrected chi connectivity index (χ3v) is 3.65. The van der Waals surface area contributed by atoms with Crippen LogP contribution in [0.25, 0.3) is 0 Å². The standard InChI is InChI=1S/C16H26N2O/c1-13(2)11-17-14-6-5-9-18(12-14)15-7-4-8-16(10-15)19-3/h4,7-8,10,13-14,17H,5-6,9,11-12H2,1-3H3. The van der Waals surface area contributed by atoms with Crippen LogP contribution in [0.4, 0.5) is 5.69 Å². The van der Waals surface area contributed by atoms with Gasteiger partial charge in [-0.2, -0.15) is 0 Å². The summed E-state index contributed by atoms with van der Waals surface area (Å²) in [5.41, 5.74) is 1.27. The van der Waals surface area contributed by atoms with Crippen LogP contribution in [0.1, 0.15) is 26.7 Å². The van der Waals surface area contributed by atoms with E-state index < -0.39 is 0 Å². The van der Waals surface area contributed by atoms with Gasteiger partial charge in [0.05, 0.1) is 7.11 Å². The average molecular weight is 262 g/mol. The fourth-order valence-corrected chi connectivity index (χ4v) is 2.59. The van der Waals surface area contributed by atoms with Gasteiger partial charge in [-0.15, -0.1) is 0 Å². The second-order valence-corrected chi connectivity index (χ2v) is 5.79. The van der Waals surface area contributed by atoms with Crippen molar-refractivity contribution >= 4 is 5.69 Å². The maximum atomic E-state index is 5.31. The van der Waals surface area contributed by atoms with Crippen molar-refractivity contribution in [2.75, 3.05) is 31.6 Å². The summed E-state index contributed by atoms with van der Waals surface area (Å²) in [6, 6.07) is 8.99. The normalized spacial score (nSPS) is 19.8. The van der Waals surface area contributed by atoms with E-state index in [1.165, 1.54) is 18.5 Å². The minimum atomic E-state index is 0.613. The largest absolute Gasteiger partial charge is 0.497 e. The number of rotatable bonds is 5. The van der Waals surface area contributed by atoms with Crippen molar-refractivity contribution in [1.82, 2.24) is 5.32 Å². The van der Waals surface area contributed by atoms with Crippen molar-refractivity contribution in [1.29, 1.82) is 0 Å². The van der Waals surface area contributed by atoms with Gasteiger partial charge in [0.1, 0.15) is 5.75 Å². The molecule has 1 N–H and O–H groups in total. The van der Waals surface area contributed by atoms with Gasteiger partial charge >= 0.3 is 0 Å². The first-order valence-electron chi connectivity index (χ1n) is 7.31. The van der Waals surface area contributed by atoms with E-state index in [0.717, 1.165) is 25.4 Å². The van der Waals surface area contributed by atoms with Gasteiger partial charge in [-0.25, -0.2) is 0 Å². The maximum absolute atomic E-state index is 5.31. The highest BCUT2D eigenvalue weighted by molar-refractivity contribution is 5.51. The van der Waals surface area contributed by atoms with Crippen molar-refractivity contribution < 1.29 is 4.74 Å².